The Kier molecular flexibility index (Phi) is 12.6. The van der Waals surface area contributed by atoms with E-state index in [4.69, 9.17) is 0 Å². The Hall–Kier alpha value is -0.193. The largest absolute Gasteiger partial charge is 2.00 e. The maximum atomic E-state index is 3.03. The molecular weight excluding hydrogens is 350 g/mol. The molecular formula is C10H12N2Ru2. The van der Waals surface area contributed by atoms with Crippen LogP contribution in [-0.2, 0) is 45.4 Å². The molecule has 2 aromatic heterocycles. The number of H-pyrrole nitrogens is 2. The van der Waals surface area contributed by atoms with Gasteiger partial charge in [-0.1, -0.05) is 12.6 Å². The van der Waals surface area contributed by atoms with Crippen molar-refractivity contribution >= 4 is 0 Å². The van der Waals surface area contributed by atoms with Crippen molar-refractivity contribution in [2.45, 2.75) is 13.3 Å². The molecule has 0 amide bonds. The van der Waals surface area contributed by atoms with Crippen LogP contribution in [0.3, 0.4) is 0 Å². The fourth-order valence-electron chi connectivity index (χ4n) is 0.771. The van der Waals surface area contributed by atoms with Crippen molar-refractivity contribution in [1.82, 2.24) is 9.97 Å². The Labute approximate surface area is 110 Å². The van der Waals surface area contributed by atoms with Gasteiger partial charge in [-0.05, 0) is 6.42 Å². The van der Waals surface area contributed by atoms with Crippen LogP contribution in [0.15, 0.2) is 30.6 Å². The monoisotopic (exact) mass is 364 g/mol. The molecule has 78 valence electrons. The zero-order valence-corrected chi connectivity index (χ0v) is 11.3. The number of aromatic nitrogens is 2. The van der Waals surface area contributed by atoms with Crippen LogP contribution in [-0.4, -0.2) is 9.97 Å². The van der Waals surface area contributed by atoms with Gasteiger partial charge in [0.1, 0.15) is 0 Å². The maximum absolute atomic E-state index is 3.03. The van der Waals surface area contributed by atoms with E-state index in [-0.39, 0.29) is 39.0 Å². The summed E-state index contributed by atoms with van der Waals surface area (Å²) in [6.07, 6.45) is 7.49. The van der Waals surface area contributed by atoms with Crippen LogP contribution in [0.1, 0.15) is 12.6 Å². The van der Waals surface area contributed by atoms with E-state index in [0.717, 1.165) is 6.42 Å². The summed E-state index contributed by atoms with van der Waals surface area (Å²) in [6.45, 7) is 2.10. The van der Waals surface area contributed by atoms with Crippen LogP contribution < -0.4 is 0 Å². The fraction of sp³-hybridized carbons (Fsp3) is 0.200. The van der Waals surface area contributed by atoms with E-state index in [1.54, 1.807) is 0 Å². The Balaban J connectivity index is 0. The quantitative estimate of drug-likeness (QED) is 0.576. The number of aromatic amines is 2. The maximum Gasteiger partial charge on any atom is 2.00 e. The van der Waals surface area contributed by atoms with Crippen LogP contribution in [0, 0.1) is 12.3 Å². The minimum atomic E-state index is 0. The van der Waals surface area contributed by atoms with Gasteiger partial charge < -0.3 is 9.97 Å². The van der Waals surface area contributed by atoms with Crippen molar-refractivity contribution in [3.63, 3.8) is 0 Å². The first-order valence-electron chi connectivity index (χ1n) is 3.97. The topological polar surface area (TPSA) is 31.6 Å². The Morgan fingerprint density at radius 2 is 2.07 bits per heavy atom. The van der Waals surface area contributed by atoms with Crippen LogP contribution in [0.2, 0.25) is 0 Å². The third kappa shape index (κ3) is 7.23. The van der Waals surface area contributed by atoms with E-state index in [2.05, 4.69) is 29.2 Å². The smallest absolute Gasteiger partial charge is 0.484 e. The first-order chi connectivity index (χ1) is 5.93. The molecule has 0 saturated carbocycles. The molecule has 2 aromatic rings. The van der Waals surface area contributed by atoms with Gasteiger partial charge in [0.15, 0.2) is 0 Å². The fourth-order valence-corrected chi connectivity index (χ4v) is 0.771. The van der Waals surface area contributed by atoms with Gasteiger partial charge in [0, 0.05) is 19.5 Å². The third-order valence-electron chi connectivity index (χ3n) is 1.39. The van der Waals surface area contributed by atoms with Gasteiger partial charge >= 0.3 is 19.5 Å². The molecule has 0 aliphatic carbocycles. The molecule has 0 bridgehead atoms. The van der Waals surface area contributed by atoms with E-state index in [0.29, 0.717) is 0 Å². The molecule has 4 heteroatoms. The first-order valence-corrected chi connectivity index (χ1v) is 3.97. The molecule has 0 aliphatic rings. The van der Waals surface area contributed by atoms with Crippen LogP contribution >= 0.6 is 0 Å². The molecule has 0 spiro atoms. The summed E-state index contributed by atoms with van der Waals surface area (Å²) < 4.78 is 0. The van der Waals surface area contributed by atoms with Gasteiger partial charge in [-0.2, -0.15) is 18.3 Å². The van der Waals surface area contributed by atoms with Crippen LogP contribution in [0.4, 0.5) is 0 Å². The predicted molar refractivity (Wildman–Crippen MR) is 48.6 cm³/mol. The minimum absolute atomic E-state index is 0. The van der Waals surface area contributed by atoms with Crippen molar-refractivity contribution < 1.29 is 39.0 Å². The van der Waals surface area contributed by atoms with Crippen molar-refractivity contribution in [2.24, 2.45) is 0 Å². The van der Waals surface area contributed by atoms with Gasteiger partial charge in [-0.3, -0.25) is 0 Å². The molecule has 2 heterocycles. The van der Waals surface area contributed by atoms with Crippen molar-refractivity contribution in [3.05, 3.63) is 48.5 Å². The van der Waals surface area contributed by atoms with Gasteiger partial charge in [0.25, 0.3) is 0 Å². The standard InChI is InChI=1S/C6H8N.C4H4N.2Ru/c1-2-6-4-3-5-7-6;1-2-4-5-3-1;;/h3,5,7H,2H2,1H3;1-3,5H;;/q2*-1;;+2. The second-order valence-electron chi connectivity index (χ2n) is 2.27. The zero-order valence-electron chi connectivity index (χ0n) is 7.80. The Morgan fingerprint density at radius 1 is 1.29 bits per heavy atom. The minimum Gasteiger partial charge on any atom is -0.484 e. The molecule has 0 aliphatic heterocycles. The van der Waals surface area contributed by atoms with Crippen LogP contribution in [0.5, 0.6) is 0 Å². The molecule has 2 nitrogen and oxygen atoms in total. The molecule has 0 fully saturated rings. The number of hydrogen-bond acceptors (Lipinski definition) is 0. The van der Waals surface area contributed by atoms with Gasteiger partial charge in [0.2, 0.25) is 0 Å². The Bertz CT molecular complexity index is 247. The summed E-state index contributed by atoms with van der Waals surface area (Å²) in [5, 5.41) is 0. The third-order valence-corrected chi connectivity index (χ3v) is 1.39. The van der Waals surface area contributed by atoms with Gasteiger partial charge in [-0.25, -0.2) is 12.1 Å². The van der Waals surface area contributed by atoms with E-state index in [1.807, 2.05) is 30.6 Å². The first kappa shape index (κ1) is 16.2. The summed E-state index contributed by atoms with van der Waals surface area (Å²) in [5.74, 6) is 0. The number of nitrogens with one attached hydrogen (secondary N) is 2. The summed E-state index contributed by atoms with van der Waals surface area (Å²) in [7, 11) is 0. The summed E-state index contributed by atoms with van der Waals surface area (Å²) >= 11 is 0. The second kappa shape index (κ2) is 10.9. The number of aryl methyl sites for hydroxylation is 1. The van der Waals surface area contributed by atoms with E-state index in [1.165, 1.54) is 5.69 Å². The van der Waals surface area contributed by atoms with Crippen molar-refractivity contribution in [3.8, 4) is 0 Å². The summed E-state index contributed by atoms with van der Waals surface area (Å²) in [6, 6.07) is 8.63. The van der Waals surface area contributed by atoms with Gasteiger partial charge in [0.05, 0.1) is 0 Å². The average Bonchev–Trinajstić information content (AvgIpc) is 2.81. The number of hydrogen-bond donors (Lipinski definition) is 2. The average molecular weight is 362 g/mol. The summed E-state index contributed by atoms with van der Waals surface area (Å²) in [4.78, 5) is 5.77. The van der Waals surface area contributed by atoms with E-state index in [9.17, 15) is 0 Å². The molecule has 2 N–H and O–H groups in total. The van der Waals surface area contributed by atoms with Crippen molar-refractivity contribution in [1.29, 1.82) is 0 Å². The van der Waals surface area contributed by atoms with Crippen molar-refractivity contribution in [2.75, 3.05) is 0 Å². The molecule has 0 aromatic carbocycles. The normalized spacial score (nSPS) is 7.50. The van der Waals surface area contributed by atoms with E-state index >= 15 is 0 Å². The number of rotatable bonds is 1. The predicted octanol–water partition coefficient (Wildman–Crippen LogP) is 2.19. The molecule has 0 saturated heterocycles. The molecule has 0 radical (unpaired) electrons. The van der Waals surface area contributed by atoms with Gasteiger partial charge in [-0.15, -0.1) is 12.4 Å². The second-order valence-corrected chi connectivity index (χ2v) is 2.27. The van der Waals surface area contributed by atoms with Crippen LogP contribution in [0.25, 0.3) is 0 Å². The molecule has 0 unspecified atom stereocenters. The molecule has 0 atom stereocenters. The zero-order chi connectivity index (χ0) is 8.65. The SMILES string of the molecule is CCc1[c-]cc[nH]1.[Ru+2].[Ru].[c-]1ccc[nH]1. The van der Waals surface area contributed by atoms with E-state index < -0.39 is 0 Å². The Morgan fingerprint density at radius 3 is 2.29 bits per heavy atom. The summed E-state index contributed by atoms with van der Waals surface area (Å²) in [5.41, 5.74) is 1.18. The molecule has 2 rings (SSSR count). The molecule has 14 heavy (non-hydrogen) atoms.